The predicted octanol–water partition coefficient (Wildman–Crippen LogP) is 2.90. The summed E-state index contributed by atoms with van der Waals surface area (Å²) in [6.07, 6.45) is 0. The number of rotatable bonds is 2. The zero-order valence-electron chi connectivity index (χ0n) is 7.49. The van der Waals surface area contributed by atoms with E-state index in [1.807, 2.05) is 31.3 Å². The Balaban J connectivity index is 2.49. The lowest BCUT2D eigenvalue weighted by atomic mass is 10.1. The van der Waals surface area contributed by atoms with E-state index in [0.717, 1.165) is 17.1 Å². The van der Waals surface area contributed by atoms with Crippen molar-refractivity contribution in [2.75, 3.05) is 12.4 Å². The van der Waals surface area contributed by atoms with E-state index in [9.17, 15) is 0 Å². The van der Waals surface area contributed by atoms with Crippen molar-refractivity contribution in [1.29, 1.82) is 0 Å². The lowest BCUT2D eigenvalue weighted by molar-refractivity contribution is 1.40. The third-order valence-corrected chi connectivity index (χ3v) is 2.59. The average molecular weight is 226 g/mol. The number of anilines is 1. The van der Waals surface area contributed by atoms with Crippen LogP contribution >= 0.6 is 23.3 Å². The van der Waals surface area contributed by atoms with Crippen LogP contribution in [0.5, 0.6) is 0 Å². The second-order valence-corrected chi connectivity index (χ2v) is 3.69. The van der Waals surface area contributed by atoms with Crippen LogP contribution in [0.15, 0.2) is 24.3 Å². The van der Waals surface area contributed by atoms with Crippen LogP contribution < -0.4 is 5.32 Å². The first kappa shape index (κ1) is 9.43. The first-order chi connectivity index (χ1) is 6.81. The van der Waals surface area contributed by atoms with Gasteiger partial charge in [-0.25, -0.2) is 0 Å². The molecule has 0 unspecified atom stereocenters. The smallest absolute Gasteiger partial charge is 0.167 e. The number of nitrogens with one attached hydrogen (secondary N) is 1. The molecule has 0 aliphatic heterocycles. The minimum absolute atomic E-state index is 0.706. The van der Waals surface area contributed by atoms with Crippen LogP contribution in [0.25, 0.3) is 11.3 Å². The highest BCUT2D eigenvalue weighted by molar-refractivity contribution is 6.99. The van der Waals surface area contributed by atoms with Gasteiger partial charge in [0.15, 0.2) is 5.82 Å². The van der Waals surface area contributed by atoms with E-state index in [1.54, 1.807) is 0 Å². The van der Waals surface area contributed by atoms with Crippen LogP contribution in [-0.4, -0.2) is 15.8 Å². The minimum Gasteiger partial charge on any atom is -0.370 e. The van der Waals surface area contributed by atoms with Crippen LogP contribution in [-0.2, 0) is 0 Å². The number of halogens is 1. The topological polar surface area (TPSA) is 37.8 Å². The highest BCUT2D eigenvalue weighted by atomic mass is 35.5. The fourth-order valence-corrected chi connectivity index (χ4v) is 1.94. The van der Waals surface area contributed by atoms with Gasteiger partial charge in [0.05, 0.1) is 11.7 Å². The molecule has 5 heteroatoms. The summed E-state index contributed by atoms with van der Waals surface area (Å²) >= 11 is 7.08. The van der Waals surface area contributed by atoms with Gasteiger partial charge in [0.1, 0.15) is 5.69 Å². The van der Waals surface area contributed by atoms with Crippen LogP contribution in [0.4, 0.5) is 5.82 Å². The van der Waals surface area contributed by atoms with E-state index in [4.69, 9.17) is 11.6 Å². The van der Waals surface area contributed by atoms with Crippen LogP contribution in [0, 0.1) is 0 Å². The van der Waals surface area contributed by atoms with Crippen molar-refractivity contribution in [3.63, 3.8) is 0 Å². The summed E-state index contributed by atoms with van der Waals surface area (Å²) in [5, 5.41) is 3.69. The van der Waals surface area contributed by atoms with Crippen LogP contribution in [0.2, 0.25) is 5.02 Å². The molecule has 0 aliphatic carbocycles. The molecule has 2 rings (SSSR count). The Labute approximate surface area is 91.1 Å². The normalized spacial score (nSPS) is 10.1. The Morgan fingerprint density at radius 1 is 1.36 bits per heavy atom. The molecule has 3 nitrogen and oxygen atoms in total. The molecule has 1 N–H and O–H groups in total. The summed E-state index contributed by atoms with van der Waals surface area (Å²) in [5.74, 6) is 0.789. The quantitative estimate of drug-likeness (QED) is 0.854. The molecule has 0 spiro atoms. The van der Waals surface area contributed by atoms with Gasteiger partial charge in [0.2, 0.25) is 0 Å². The fraction of sp³-hybridized carbons (Fsp3) is 0.111. The molecule has 0 aliphatic rings. The first-order valence-corrected chi connectivity index (χ1v) is 5.18. The number of nitrogens with zero attached hydrogens (tertiary/aromatic N) is 2. The van der Waals surface area contributed by atoms with Gasteiger partial charge in [-0.15, -0.1) is 0 Å². The van der Waals surface area contributed by atoms with Crippen molar-refractivity contribution in [2.45, 2.75) is 0 Å². The van der Waals surface area contributed by atoms with Gasteiger partial charge in [-0.2, -0.15) is 8.75 Å². The summed E-state index contributed by atoms with van der Waals surface area (Å²) in [7, 11) is 1.82. The number of hydrogen-bond acceptors (Lipinski definition) is 4. The van der Waals surface area contributed by atoms with Gasteiger partial charge < -0.3 is 5.32 Å². The van der Waals surface area contributed by atoms with Gasteiger partial charge in [-0.1, -0.05) is 23.7 Å². The number of aromatic nitrogens is 2. The second kappa shape index (κ2) is 3.94. The first-order valence-electron chi connectivity index (χ1n) is 4.07. The Morgan fingerprint density at radius 3 is 2.93 bits per heavy atom. The molecule has 0 radical (unpaired) electrons. The minimum atomic E-state index is 0.706. The van der Waals surface area contributed by atoms with Crippen molar-refractivity contribution in [2.24, 2.45) is 0 Å². The van der Waals surface area contributed by atoms with E-state index in [0.29, 0.717) is 5.02 Å². The molecule has 2 aromatic rings. The molecular formula is C9H8ClN3S. The van der Waals surface area contributed by atoms with Crippen molar-refractivity contribution in [3.8, 4) is 11.3 Å². The molecule has 0 bridgehead atoms. The molecule has 0 saturated heterocycles. The van der Waals surface area contributed by atoms with Crippen molar-refractivity contribution in [1.82, 2.24) is 8.75 Å². The van der Waals surface area contributed by atoms with E-state index >= 15 is 0 Å². The van der Waals surface area contributed by atoms with E-state index in [-0.39, 0.29) is 0 Å². The van der Waals surface area contributed by atoms with Crippen molar-refractivity contribution >= 4 is 29.1 Å². The van der Waals surface area contributed by atoms with Crippen LogP contribution in [0.3, 0.4) is 0 Å². The number of benzene rings is 1. The lowest BCUT2D eigenvalue weighted by Gasteiger charge is -2.00. The zero-order valence-corrected chi connectivity index (χ0v) is 9.06. The SMILES string of the molecule is CNc1nsnc1-c1cccc(Cl)c1. The van der Waals surface area contributed by atoms with Gasteiger partial charge in [-0.05, 0) is 12.1 Å². The summed E-state index contributed by atoms with van der Waals surface area (Å²) in [4.78, 5) is 0. The van der Waals surface area contributed by atoms with Crippen LogP contribution in [0.1, 0.15) is 0 Å². The van der Waals surface area contributed by atoms with E-state index in [1.165, 1.54) is 11.7 Å². The molecule has 14 heavy (non-hydrogen) atoms. The van der Waals surface area contributed by atoms with Gasteiger partial charge >= 0.3 is 0 Å². The molecule has 0 atom stereocenters. The largest absolute Gasteiger partial charge is 0.370 e. The summed E-state index contributed by atoms with van der Waals surface area (Å²) < 4.78 is 8.32. The third-order valence-electron chi connectivity index (χ3n) is 1.82. The Kier molecular flexibility index (Phi) is 2.65. The molecule has 0 amide bonds. The summed E-state index contributed by atoms with van der Waals surface area (Å²) in [6, 6.07) is 7.57. The molecule has 1 aromatic carbocycles. The molecular weight excluding hydrogens is 218 g/mol. The van der Waals surface area contributed by atoms with Crippen molar-refractivity contribution in [3.05, 3.63) is 29.3 Å². The maximum absolute atomic E-state index is 5.89. The fourth-order valence-electron chi connectivity index (χ4n) is 1.18. The highest BCUT2D eigenvalue weighted by Crippen LogP contribution is 2.27. The lowest BCUT2D eigenvalue weighted by Crippen LogP contribution is -1.90. The molecule has 0 fully saturated rings. The van der Waals surface area contributed by atoms with E-state index < -0.39 is 0 Å². The Bertz CT molecular complexity index is 441. The highest BCUT2D eigenvalue weighted by Gasteiger charge is 2.08. The predicted molar refractivity (Wildman–Crippen MR) is 59.9 cm³/mol. The second-order valence-electron chi connectivity index (χ2n) is 2.72. The maximum Gasteiger partial charge on any atom is 0.167 e. The van der Waals surface area contributed by atoms with Gasteiger partial charge in [0, 0.05) is 17.6 Å². The Hall–Kier alpha value is -1.13. The standard InChI is InChI=1S/C9H8ClN3S/c1-11-9-8(12-14-13-9)6-3-2-4-7(10)5-6/h2-5H,1H3,(H,11,13). The molecule has 1 heterocycles. The third kappa shape index (κ3) is 1.71. The molecule has 0 saturated carbocycles. The molecule has 72 valence electrons. The number of hydrogen-bond donors (Lipinski definition) is 1. The van der Waals surface area contributed by atoms with Gasteiger partial charge in [0.25, 0.3) is 0 Å². The average Bonchev–Trinajstić information content (AvgIpc) is 2.65. The maximum atomic E-state index is 5.89. The molecule has 1 aromatic heterocycles. The monoisotopic (exact) mass is 225 g/mol. The summed E-state index contributed by atoms with van der Waals surface area (Å²) in [6.45, 7) is 0. The van der Waals surface area contributed by atoms with Gasteiger partial charge in [-0.3, -0.25) is 0 Å². The Morgan fingerprint density at radius 2 is 2.21 bits per heavy atom. The van der Waals surface area contributed by atoms with Crippen molar-refractivity contribution < 1.29 is 0 Å². The van der Waals surface area contributed by atoms with E-state index in [2.05, 4.69) is 14.1 Å². The summed E-state index contributed by atoms with van der Waals surface area (Å²) in [5.41, 5.74) is 1.83. The zero-order chi connectivity index (χ0) is 9.97.